The maximum atomic E-state index is 17.8. The molecule has 3 N–H and O–H groups in total. The molecule has 2 amide bonds. The second-order valence-electron chi connectivity index (χ2n) is 13.1. The fourth-order valence-electron chi connectivity index (χ4n) is 6.66. The maximum Gasteiger partial charge on any atom is 0.270 e. The number of hydrogen-bond donors (Lipinski definition) is 2. The molecule has 4 heterocycles. The quantitative estimate of drug-likeness (QED) is 0.188. The van der Waals surface area contributed by atoms with E-state index in [-0.39, 0.29) is 64.2 Å². The lowest BCUT2D eigenvalue weighted by Crippen LogP contribution is -2.49. The number of aromatic nitrogens is 3. The zero-order chi connectivity index (χ0) is 36.7. The molecule has 0 radical (unpaired) electrons. The molecule has 1 saturated heterocycles. The van der Waals surface area contributed by atoms with Crippen molar-refractivity contribution < 1.29 is 14.0 Å². The van der Waals surface area contributed by atoms with E-state index in [0.717, 1.165) is 4.70 Å². The number of rotatable bonds is 9. The van der Waals surface area contributed by atoms with Gasteiger partial charge in [-0.1, -0.05) is 55.5 Å². The average molecular weight is 731 g/mol. The van der Waals surface area contributed by atoms with Crippen LogP contribution in [0.5, 0.6) is 0 Å². The van der Waals surface area contributed by atoms with Gasteiger partial charge < -0.3 is 25.8 Å². The fourth-order valence-corrected chi connectivity index (χ4v) is 7.72. The van der Waals surface area contributed by atoms with Gasteiger partial charge in [0.25, 0.3) is 11.5 Å². The molecular formula is C37H40ClFN8O3S. The van der Waals surface area contributed by atoms with E-state index < -0.39 is 17.3 Å². The SMILES string of the molecule is C=CC(=O)N1CCN(c2c(C(=O)NCCN(C)C)c(=O)n(-c3c(C)ccnc3C(C)C)c3c(F)c(-c4cccc5sc(N)nc45)c(Cl)cc23)CC1. The first-order valence-corrected chi connectivity index (χ1v) is 17.8. The molecule has 0 unspecified atom stereocenters. The number of fused-ring (bicyclic) bond motifs is 2. The summed E-state index contributed by atoms with van der Waals surface area (Å²) in [6.45, 7) is 11.3. The number of nitrogen functional groups attached to an aromatic ring is 1. The number of nitrogens with one attached hydrogen (secondary N) is 1. The zero-order valence-electron chi connectivity index (χ0n) is 29.2. The number of carbonyl (C=O) groups excluding carboxylic acids is 2. The van der Waals surface area contributed by atoms with Crippen LogP contribution in [0.2, 0.25) is 5.02 Å². The number of aryl methyl sites for hydroxylation is 1. The van der Waals surface area contributed by atoms with Gasteiger partial charge in [-0.3, -0.25) is 23.9 Å². The lowest BCUT2D eigenvalue weighted by molar-refractivity contribution is -0.126. The van der Waals surface area contributed by atoms with Crippen LogP contribution in [-0.4, -0.2) is 89.5 Å². The van der Waals surface area contributed by atoms with Gasteiger partial charge in [-0.25, -0.2) is 9.37 Å². The van der Waals surface area contributed by atoms with Crippen LogP contribution in [0.1, 0.15) is 41.4 Å². The Morgan fingerprint density at radius 3 is 2.57 bits per heavy atom. The molecule has 14 heteroatoms. The van der Waals surface area contributed by atoms with Gasteiger partial charge >= 0.3 is 0 Å². The number of pyridine rings is 2. The topological polar surface area (TPSA) is 130 Å². The lowest BCUT2D eigenvalue weighted by Gasteiger charge is -2.37. The van der Waals surface area contributed by atoms with Crippen molar-refractivity contribution in [3.05, 3.63) is 87.2 Å². The lowest BCUT2D eigenvalue weighted by atomic mass is 9.97. The summed E-state index contributed by atoms with van der Waals surface area (Å²) in [7, 11) is 3.76. The molecule has 0 atom stereocenters. The van der Waals surface area contributed by atoms with E-state index in [2.05, 4.69) is 21.9 Å². The predicted molar refractivity (Wildman–Crippen MR) is 204 cm³/mol. The summed E-state index contributed by atoms with van der Waals surface area (Å²) in [5, 5.41) is 3.57. The summed E-state index contributed by atoms with van der Waals surface area (Å²) < 4.78 is 19.9. The molecule has 266 valence electrons. The predicted octanol–water partition coefficient (Wildman–Crippen LogP) is 5.59. The standard InChI is InChI=1S/C37H40ClFN8O3S/c1-7-26(48)45-15-17-46(18-16-45)33-23-19-24(38)27(22-9-8-10-25-31(22)43-37(40)51-25)29(39)34(23)47(32-21(4)11-12-41-30(32)20(2)3)36(50)28(33)35(49)42-13-14-44(5)6/h7-12,19-20H,1,13-18H2,2-6H3,(H2,40,43)(H,42,49). The number of benzene rings is 2. The molecule has 1 aliphatic heterocycles. The summed E-state index contributed by atoms with van der Waals surface area (Å²) in [6, 6.07) is 8.72. The van der Waals surface area contributed by atoms with Crippen molar-refractivity contribution in [1.29, 1.82) is 0 Å². The number of anilines is 2. The summed E-state index contributed by atoms with van der Waals surface area (Å²) >= 11 is 8.34. The van der Waals surface area contributed by atoms with E-state index in [4.69, 9.17) is 17.3 Å². The van der Waals surface area contributed by atoms with Crippen molar-refractivity contribution >= 4 is 66.7 Å². The molecule has 3 aromatic heterocycles. The van der Waals surface area contributed by atoms with Crippen molar-refractivity contribution in [1.82, 2.24) is 29.7 Å². The highest BCUT2D eigenvalue weighted by Gasteiger charge is 2.33. The normalized spacial score (nSPS) is 13.5. The van der Waals surface area contributed by atoms with Crippen LogP contribution in [0.3, 0.4) is 0 Å². The highest BCUT2D eigenvalue weighted by molar-refractivity contribution is 7.22. The van der Waals surface area contributed by atoms with E-state index in [1.54, 1.807) is 35.4 Å². The van der Waals surface area contributed by atoms with Crippen molar-refractivity contribution in [2.45, 2.75) is 26.7 Å². The third-order valence-corrected chi connectivity index (χ3v) is 10.3. The van der Waals surface area contributed by atoms with E-state index in [1.807, 2.05) is 50.7 Å². The Balaban J connectivity index is 1.75. The number of thiazole rings is 1. The Kier molecular flexibility index (Phi) is 10.2. The van der Waals surface area contributed by atoms with E-state index in [1.165, 1.54) is 22.0 Å². The summed E-state index contributed by atoms with van der Waals surface area (Å²) in [5.74, 6) is -1.74. The van der Waals surface area contributed by atoms with Crippen molar-refractivity contribution in [3.63, 3.8) is 0 Å². The van der Waals surface area contributed by atoms with Crippen molar-refractivity contribution in [2.75, 3.05) is 64.0 Å². The van der Waals surface area contributed by atoms with Crippen LogP contribution in [0.4, 0.5) is 15.2 Å². The van der Waals surface area contributed by atoms with Gasteiger partial charge in [0, 0.05) is 62.0 Å². The monoisotopic (exact) mass is 730 g/mol. The third kappa shape index (κ3) is 6.57. The minimum Gasteiger partial charge on any atom is -0.375 e. The molecule has 6 rings (SSSR count). The van der Waals surface area contributed by atoms with Gasteiger partial charge in [-0.15, -0.1) is 0 Å². The molecule has 11 nitrogen and oxygen atoms in total. The molecule has 51 heavy (non-hydrogen) atoms. The largest absolute Gasteiger partial charge is 0.375 e. The molecule has 5 aromatic rings. The Morgan fingerprint density at radius 2 is 1.90 bits per heavy atom. The summed E-state index contributed by atoms with van der Waals surface area (Å²) in [5.41, 5.74) is 7.98. The first-order valence-electron chi connectivity index (χ1n) is 16.6. The number of halogens is 2. The zero-order valence-corrected chi connectivity index (χ0v) is 30.8. The van der Waals surface area contributed by atoms with E-state index >= 15 is 9.18 Å². The second kappa shape index (κ2) is 14.4. The smallest absolute Gasteiger partial charge is 0.270 e. The number of amides is 2. The number of carbonyl (C=O) groups is 2. The molecule has 1 aliphatic rings. The van der Waals surface area contributed by atoms with Crippen LogP contribution in [-0.2, 0) is 4.79 Å². The molecule has 2 aromatic carbocycles. The van der Waals surface area contributed by atoms with Gasteiger partial charge in [0.1, 0.15) is 5.56 Å². The highest BCUT2D eigenvalue weighted by Crippen LogP contribution is 2.44. The Bertz CT molecular complexity index is 2260. The average Bonchev–Trinajstić information content (AvgIpc) is 3.48. The van der Waals surface area contributed by atoms with Crippen LogP contribution in [0.25, 0.3) is 37.9 Å². The fraction of sp³-hybridized carbons (Fsp3) is 0.324. The number of piperazine rings is 1. The maximum absolute atomic E-state index is 17.8. The van der Waals surface area contributed by atoms with E-state index in [0.29, 0.717) is 52.8 Å². The molecule has 0 saturated carbocycles. The number of hydrogen-bond acceptors (Lipinski definition) is 9. The summed E-state index contributed by atoms with van der Waals surface area (Å²) in [6.07, 6.45) is 2.91. The number of nitrogens with two attached hydrogens (primary N) is 1. The van der Waals surface area contributed by atoms with Gasteiger partial charge in [-0.05, 0) is 56.8 Å². The Labute approximate surface area is 304 Å². The minimum absolute atomic E-state index is 0.0522. The highest BCUT2D eigenvalue weighted by atomic mass is 35.5. The van der Waals surface area contributed by atoms with Crippen LogP contribution in [0, 0.1) is 12.7 Å². The Hall–Kier alpha value is -4.85. The number of para-hydroxylation sites is 1. The number of nitrogens with zero attached hydrogens (tertiary/aromatic N) is 6. The number of likely N-dealkylation sites (N-methyl/N-ethyl adjacent to an activating group) is 1. The second-order valence-corrected chi connectivity index (χ2v) is 14.6. The van der Waals surface area contributed by atoms with Gasteiger partial charge in [0.2, 0.25) is 5.91 Å². The Morgan fingerprint density at radius 1 is 1.18 bits per heavy atom. The van der Waals surface area contributed by atoms with Gasteiger partial charge in [0.05, 0.1) is 37.8 Å². The molecular weight excluding hydrogens is 691 g/mol. The minimum atomic E-state index is -0.757. The van der Waals surface area contributed by atoms with Crippen LogP contribution >= 0.6 is 22.9 Å². The van der Waals surface area contributed by atoms with Crippen molar-refractivity contribution in [3.8, 4) is 16.8 Å². The molecule has 0 aliphatic carbocycles. The first-order chi connectivity index (χ1) is 24.3. The van der Waals surface area contributed by atoms with Crippen LogP contribution in [0.15, 0.2) is 54.0 Å². The third-order valence-electron chi connectivity index (χ3n) is 9.11. The first kappa shape index (κ1) is 36.0. The molecule has 0 spiro atoms. The molecule has 1 fully saturated rings. The van der Waals surface area contributed by atoms with Gasteiger partial charge in [0.15, 0.2) is 10.9 Å². The van der Waals surface area contributed by atoms with Crippen molar-refractivity contribution in [2.24, 2.45) is 0 Å². The summed E-state index contributed by atoms with van der Waals surface area (Å²) in [4.78, 5) is 56.4. The van der Waals surface area contributed by atoms with Crippen LogP contribution < -0.4 is 21.5 Å². The van der Waals surface area contributed by atoms with E-state index in [9.17, 15) is 9.59 Å². The molecule has 0 bridgehead atoms. The van der Waals surface area contributed by atoms with Gasteiger partial charge in [-0.2, -0.15) is 0 Å².